The molecule has 1 amide bonds. The van der Waals surface area contributed by atoms with Crippen LogP contribution in [0.2, 0.25) is 0 Å². The third-order valence-electron chi connectivity index (χ3n) is 4.19. The summed E-state index contributed by atoms with van der Waals surface area (Å²) < 4.78 is 27.7. The summed E-state index contributed by atoms with van der Waals surface area (Å²) in [6, 6.07) is 3.93. The van der Waals surface area contributed by atoms with Crippen molar-refractivity contribution in [2.24, 2.45) is 11.7 Å². The molecule has 1 saturated heterocycles. The fraction of sp³-hybridized carbons (Fsp3) is 0.312. The van der Waals surface area contributed by atoms with Crippen molar-refractivity contribution in [2.45, 2.75) is 12.8 Å². The Hall–Kier alpha value is -2.75. The number of pyridine rings is 1. The van der Waals surface area contributed by atoms with Crippen LogP contribution in [-0.4, -0.2) is 24.0 Å². The largest absolute Gasteiger partial charge is 0.370 e. The Morgan fingerprint density at radius 1 is 1.35 bits per heavy atom. The van der Waals surface area contributed by atoms with E-state index in [1.54, 1.807) is 0 Å². The molecule has 118 valence electrons. The Bertz CT molecular complexity index is 823. The molecule has 0 bridgehead atoms. The Labute approximate surface area is 131 Å². The number of hydrogen-bond acceptors (Lipinski definition) is 4. The van der Waals surface area contributed by atoms with Gasteiger partial charge in [0.15, 0.2) is 0 Å². The second-order valence-electron chi connectivity index (χ2n) is 5.58. The lowest BCUT2D eigenvalue weighted by Crippen LogP contribution is -2.39. The van der Waals surface area contributed by atoms with Crippen LogP contribution in [0.25, 0.3) is 10.9 Å². The van der Waals surface area contributed by atoms with E-state index in [0.717, 1.165) is 12.1 Å². The molecule has 1 aliphatic rings. The van der Waals surface area contributed by atoms with Crippen molar-refractivity contribution < 1.29 is 13.6 Å². The monoisotopic (exact) mass is 316 g/mol. The molecule has 1 aromatic carbocycles. The number of nitriles is 1. The fourth-order valence-electron chi connectivity index (χ4n) is 3.02. The van der Waals surface area contributed by atoms with Gasteiger partial charge in [0.1, 0.15) is 17.7 Å². The summed E-state index contributed by atoms with van der Waals surface area (Å²) in [5, 5.41) is 9.43. The highest BCUT2D eigenvalue weighted by Crippen LogP contribution is 2.34. The number of amides is 1. The van der Waals surface area contributed by atoms with Gasteiger partial charge >= 0.3 is 0 Å². The quantitative estimate of drug-likeness (QED) is 0.919. The van der Waals surface area contributed by atoms with Crippen molar-refractivity contribution in [3.63, 3.8) is 0 Å². The predicted molar refractivity (Wildman–Crippen MR) is 80.5 cm³/mol. The summed E-state index contributed by atoms with van der Waals surface area (Å²) in [7, 11) is 0. The summed E-state index contributed by atoms with van der Waals surface area (Å²) in [6.45, 7) is 0.941. The molecule has 2 N–H and O–H groups in total. The lowest BCUT2D eigenvalue weighted by molar-refractivity contribution is -0.122. The number of carbonyl (C=O) groups is 1. The second-order valence-corrected chi connectivity index (χ2v) is 5.58. The Balaban J connectivity index is 2.09. The number of nitrogens with two attached hydrogens (primary N) is 1. The molecule has 2 aromatic rings. The zero-order valence-electron chi connectivity index (χ0n) is 12.2. The summed E-state index contributed by atoms with van der Waals surface area (Å²) in [5.74, 6) is -2.03. The van der Waals surface area contributed by atoms with E-state index in [0.29, 0.717) is 31.6 Å². The molecule has 5 nitrogen and oxygen atoms in total. The fourth-order valence-corrected chi connectivity index (χ4v) is 3.02. The van der Waals surface area contributed by atoms with Gasteiger partial charge in [-0.25, -0.2) is 8.78 Å². The molecule has 0 saturated carbocycles. The minimum absolute atomic E-state index is 0.128. The number of hydrogen-bond donors (Lipinski definition) is 1. The van der Waals surface area contributed by atoms with Crippen molar-refractivity contribution in [3.05, 3.63) is 35.5 Å². The van der Waals surface area contributed by atoms with Gasteiger partial charge in [0.25, 0.3) is 0 Å². The van der Waals surface area contributed by atoms with Crippen LogP contribution in [0.1, 0.15) is 18.4 Å². The van der Waals surface area contributed by atoms with Crippen LogP contribution < -0.4 is 10.6 Å². The third kappa shape index (κ3) is 2.68. The number of carbonyl (C=O) groups excluding carboxylic acids is 1. The molecule has 0 aliphatic carbocycles. The van der Waals surface area contributed by atoms with Crippen LogP contribution in [0.5, 0.6) is 0 Å². The van der Waals surface area contributed by atoms with Crippen LogP contribution in [0, 0.1) is 28.9 Å². The van der Waals surface area contributed by atoms with Gasteiger partial charge in [-0.3, -0.25) is 9.78 Å². The van der Waals surface area contributed by atoms with Gasteiger partial charge in [-0.15, -0.1) is 0 Å². The Morgan fingerprint density at radius 3 is 2.65 bits per heavy atom. The van der Waals surface area contributed by atoms with E-state index >= 15 is 0 Å². The van der Waals surface area contributed by atoms with E-state index in [4.69, 9.17) is 5.73 Å². The first-order chi connectivity index (χ1) is 11.0. The SMILES string of the molecule is N#Cc1cnc2cc(F)cc(F)c2c1N1CCC(C(N)=O)CC1. The maximum atomic E-state index is 14.3. The van der Waals surface area contributed by atoms with Crippen LogP contribution >= 0.6 is 0 Å². The number of primary amides is 1. The Morgan fingerprint density at radius 2 is 2.04 bits per heavy atom. The van der Waals surface area contributed by atoms with Crippen molar-refractivity contribution in [1.29, 1.82) is 5.26 Å². The predicted octanol–water partition coefficient (Wildman–Crippen LogP) is 2.09. The van der Waals surface area contributed by atoms with E-state index in [1.165, 1.54) is 6.20 Å². The second kappa shape index (κ2) is 5.80. The zero-order chi connectivity index (χ0) is 16.6. The minimum Gasteiger partial charge on any atom is -0.370 e. The van der Waals surface area contributed by atoms with Gasteiger partial charge in [0.2, 0.25) is 5.91 Å². The summed E-state index contributed by atoms with van der Waals surface area (Å²) in [5.41, 5.74) is 6.10. The third-order valence-corrected chi connectivity index (χ3v) is 4.19. The first-order valence-electron chi connectivity index (χ1n) is 7.23. The van der Waals surface area contributed by atoms with Crippen molar-refractivity contribution >= 4 is 22.5 Å². The highest BCUT2D eigenvalue weighted by atomic mass is 19.1. The number of fused-ring (bicyclic) bond motifs is 1. The van der Waals surface area contributed by atoms with E-state index in [1.807, 2.05) is 11.0 Å². The summed E-state index contributed by atoms with van der Waals surface area (Å²) in [6.07, 6.45) is 2.39. The molecule has 0 unspecified atom stereocenters. The smallest absolute Gasteiger partial charge is 0.220 e. The average molecular weight is 316 g/mol. The van der Waals surface area contributed by atoms with E-state index in [2.05, 4.69) is 4.98 Å². The number of halogens is 2. The van der Waals surface area contributed by atoms with Crippen LogP contribution in [0.15, 0.2) is 18.3 Å². The minimum atomic E-state index is -0.753. The average Bonchev–Trinajstić information content (AvgIpc) is 2.53. The number of anilines is 1. The highest BCUT2D eigenvalue weighted by Gasteiger charge is 2.27. The van der Waals surface area contributed by atoms with Crippen LogP contribution in [-0.2, 0) is 4.79 Å². The lowest BCUT2D eigenvalue weighted by Gasteiger charge is -2.33. The normalized spacial score (nSPS) is 15.6. The molecule has 23 heavy (non-hydrogen) atoms. The maximum absolute atomic E-state index is 14.3. The lowest BCUT2D eigenvalue weighted by atomic mass is 9.95. The van der Waals surface area contributed by atoms with Gasteiger partial charge in [-0.1, -0.05) is 0 Å². The van der Waals surface area contributed by atoms with Crippen molar-refractivity contribution in [2.75, 3.05) is 18.0 Å². The molecule has 1 aromatic heterocycles. The molecule has 0 spiro atoms. The number of nitrogens with zero attached hydrogens (tertiary/aromatic N) is 3. The molecule has 3 rings (SSSR count). The first-order valence-corrected chi connectivity index (χ1v) is 7.23. The molecule has 0 radical (unpaired) electrons. The standard InChI is InChI=1S/C16H14F2N4O/c17-11-5-12(18)14-13(6-11)21-8-10(7-19)15(14)22-3-1-9(2-4-22)16(20)23/h5-6,8-9H,1-4H2,(H2,20,23). The molecular weight excluding hydrogens is 302 g/mol. The molecule has 0 atom stereocenters. The van der Waals surface area contributed by atoms with Crippen molar-refractivity contribution in [3.8, 4) is 6.07 Å². The molecule has 1 fully saturated rings. The maximum Gasteiger partial charge on any atom is 0.220 e. The number of piperidine rings is 1. The van der Waals surface area contributed by atoms with E-state index in [-0.39, 0.29) is 28.3 Å². The molecular formula is C16H14F2N4O. The molecule has 7 heteroatoms. The van der Waals surface area contributed by atoms with Crippen LogP contribution in [0.3, 0.4) is 0 Å². The van der Waals surface area contributed by atoms with Gasteiger partial charge in [-0.05, 0) is 12.8 Å². The van der Waals surface area contributed by atoms with Gasteiger partial charge in [0, 0.05) is 37.3 Å². The molecule has 1 aliphatic heterocycles. The van der Waals surface area contributed by atoms with Gasteiger partial charge in [0.05, 0.1) is 22.2 Å². The topological polar surface area (TPSA) is 83.0 Å². The number of rotatable bonds is 2. The number of aromatic nitrogens is 1. The van der Waals surface area contributed by atoms with E-state index in [9.17, 15) is 18.8 Å². The zero-order valence-corrected chi connectivity index (χ0v) is 12.2. The summed E-state index contributed by atoms with van der Waals surface area (Å²) >= 11 is 0. The van der Waals surface area contributed by atoms with Crippen LogP contribution in [0.4, 0.5) is 14.5 Å². The Kier molecular flexibility index (Phi) is 3.82. The van der Waals surface area contributed by atoms with Gasteiger partial charge < -0.3 is 10.6 Å². The number of benzene rings is 1. The van der Waals surface area contributed by atoms with Crippen molar-refractivity contribution in [1.82, 2.24) is 4.98 Å². The highest BCUT2D eigenvalue weighted by molar-refractivity contribution is 5.95. The summed E-state index contributed by atoms with van der Waals surface area (Å²) in [4.78, 5) is 17.1. The molecule has 2 heterocycles. The van der Waals surface area contributed by atoms with Gasteiger partial charge in [-0.2, -0.15) is 5.26 Å². The first kappa shape index (κ1) is 15.2. The van der Waals surface area contributed by atoms with E-state index < -0.39 is 11.6 Å².